The van der Waals surface area contributed by atoms with Crippen LogP contribution in [0, 0.1) is 6.92 Å². The lowest BCUT2D eigenvalue weighted by Crippen LogP contribution is -2.56. The molecule has 0 fully saturated rings. The van der Waals surface area contributed by atoms with Crippen LogP contribution in [-0.4, -0.2) is 24.8 Å². The van der Waals surface area contributed by atoms with Gasteiger partial charge in [-0.25, -0.2) is 13.4 Å². The number of benzene rings is 2. The third kappa shape index (κ3) is 4.83. The summed E-state index contributed by atoms with van der Waals surface area (Å²) in [6.45, 7) is 3.46. The first-order chi connectivity index (χ1) is 13.3. The van der Waals surface area contributed by atoms with Crippen LogP contribution in [0.5, 0.6) is 0 Å². The van der Waals surface area contributed by atoms with Crippen LogP contribution < -0.4 is 10.0 Å². The predicted molar refractivity (Wildman–Crippen MR) is 111 cm³/mol. The van der Waals surface area contributed by atoms with E-state index in [0.29, 0.717) is 5.13 Å². The van der Waals surface area contributed by atoms with Gasteiger partial charge in [0.2, 0.25) is 15.9 Å². The number of nitrogens with zero attached hydrogens (tertiary/aromatic N) is 1. The highest BCUT2D eigenvalue weighted by atomic mass is 32.2. The third-order valence-corrected chi connectivity index (χ3v) is 6.55. The molecule has 1 heterocycles. The van der Waals surface area contributed by atoms with E-state index in [9.17, 15) is 13.2 Å². The number of aryl methyl sites for hydroxylation is 1. The van der Waals surface area contributed by atoms with Crippen molar-refractivity contribution in [2.24, 2.45) is 0 Å². The van der Waals surface area contributed by atoms with Gasteiger partial charge in [0.05, 0.1) is 4.90 Å². The van der Waals surface area contributed by atoms with Crippen LogP contribution in [-0.2, 0) is 21.2 Å². The van der Waals surface area contributed by atoms with Crippen LogP contribution in [0.2, 0.25) is 0 Å². The Morgan fingerprint density at radius 1 is 1.11 bits per heavy atom. The van der Waals surface area contributed by atoms with E-state index >= 15 is 0 Å². The molecule has 3 aromatic rings. The summed E-state index contributed by atoms with van der Waals surface area (Å²) in [7, 11) is -3.91. The van der Waals surface area contributed by atoms with Gasteiger partial charge in [-0.1, -0.05) is 48.0 Å². The van der Waals surface area contributed by atoms with E-state index in [0.717, 1.165) is 11.1 Å². The monoisotopic (exact) mass is 415 g/mol. The van der Waals surface area contributed by atoms with E-state index in [2.05, 4.69) is 15.0 Å². The summed E-state index contributed by atoms with van der Waals surface area (Å²) in [5.41, 5.74) is 0.384. The molecule has 1 aromatic heterocycles. The van der Waals surface area contributed by atoms with Crippen molar-refractivity contribution in [2.45, 2.75) is 30.7 Å². The summed E-state index contributed by atoms with van der Waals surface area (Å²) >= 11 is 1.27. The van der Waals surface area contributed by atoms with Gasteiger partial charge in [-0.05, 0) is 31.5 Å². The Morgan fingerprint density at radius 3 is 2.39 bits per heavy atom. The Kier molecular flexibility index (Phi) is 5.93. The number of aromatic nitrogens is 1. The fourth-order valence-electron chi connectivity index (χ4n) is 2.76. The number of amides is 1. The maximum Gasteiger partial charge on any atom is 0.247 e. The van der Waals surface area contributed by atoms with Crippen LogP contribution in [0.15, 0.2) is 71.1 Å². The summed E-state index contributed by atoms with van der Waals surface area (Å²) in [6.07, 6.45) is 1.77. The van der Waals surface area contributed by atoms with Crippen LogP contribution >= 0.6 is 11.3 Å². The summed E-state index contributed by atoms with van der Waals surface area (Å²) in [6, 6.07) is 15.8. The molecule has 0 aliphatic rings. The van der Waals surface area contributed by atoms with E-state index in [1.807, 2.05) is 37.3 Å². The molecule has 0 saturated heterocycles. The molecule has 6 nitrogen and oxygen atoms in total. The van der Waals surface area contributed by atoms with Crippen molar-refractivity contribution in [3.05, 3.63) is 77.3 Å². The molecule has 3 rings (SSSR count). The average molecular weight is 416 g/mol. The van der Waals surface area contributed by atoms with Crippen molar-refractivity contribution in [2.75, 3.05) is 5.32 Å². The van der Waals surface area contributed by atoms with Gasteiger partial charge in [-0.15, -0.1) is 11.3 Å². The number of sulfonamides is 1. The van der Waals surface area contributed by atoms with Crippen molar-refractivity contribution in [1.82, 2.24) is 9.71 Å². The highest BCUT2D eigenvalue weighted by molar-refractivity contribution is 7.89. The second-order valence-electron chi connectivity index (χ2n) is 6.70. The van der Waals surface area contributed by atoms with Gasteiger partial charge in [0, 0.05) is 18.0 Å². The van der Waals surface area contributed by atoms with Gasteiger partial charge in [0.1, 0.15) is 5.54 Å². The number of carbonyl (C=O) groups excluding carboxylic acids is 1. The zero-order valence-corrected chi connectivity index (χ0v) is 17.2. The highest BCUT2D eigenvalue weighted by Crippen LogP contribution is 2.21. The Balaban J connectivity index is 1.92. The average Bonchev–Trinajstić information content (AvgIpc) is 3.15. The minimum Gasteiger partial charge on any atom is -0.300 e. The molecule has 2 N–H and O–H groups in total. The molecule has 2 aromatic carbocycles. The van der Waals surface area contributed by atoms with E-state index < -0.39 is 21.5 Å². The summed E-state index contributed by atoms with van der Waals surface area (Å²) in [4.78, 5) is 17.2. The minimum absolute atomic E-state index is 0.111. The largest absolute Gasteiger partial charge is 0.300 e. The molecule has 28 heavy (non-hydrogen) atoms. The molecule has 1 atom stereocenters. The van der Waals surface area contributed by atoms with E-state index in [-0.39, 0.29) is 11.3 Å². The molecule has 0 spiro atoms. The normalized spacial score (nSPS) is 13.6. The van der Waals surface area contributed by atoms with Crippen molar-refractivity contribution in [3.63, 3.8) is 0 Å². The zero-order chi connectivity index (χ0) is 20.2. The fourth-order valence-corrected chi connectivity index (χ4v) is 4.65. The first kappa shape index (κ1) is 20.2. The van der Waals surface area contributed by atoms with E-state index in [4.69, 9.17) is 0 Å². The standard InChI is InChI=1S/C20H21N3O3S2/c1-15-8-10-17(11-9-15)28(25,26)23-20(2,14-16-6-4-3-5-7-16)18(24)22-19-21-12-13-27-19/h3-13,23H,14H2,1-2H3,(H,21,22,24). The van der Waals surface area contributed by atoms with Crippen molar-refractivity contribution in [3.8, 4) is 0 Å². The lowest BCUT2D eigenvalue weighted by molar-refractivity contribution is -0.121. The number of thiazole rings is 1. The molecule has 0 bridgehead atoms. The summed E-state index contributed by atoms with van der Waals surface area (Å²) < 4.78 is 28.5. The number of anilines is 1. The molecule has 0 aliphatic heterocycles. The van der Waals surface area contributed by atoms with Gasteiger partial charge < -0.3 is 5.32 Å². The fraction of sp³-hybridized carbons (Fsp3) is 0.200. The first-order valence-corrected chi connectivity index (χ1v) is 11.0. The third-order valence-electron chi connectivity index (χ3n) is 4.25. The van der Waals surface area contributed by atoms with Gasteiger partial charge in [0.15, 0.2) is 5.13 Å². The Morgan fingerprint density at radius 2 is 1.79 bits per heavy atom. The second-order valence-corrected chi connectivity index (χ2v) is 9.28. The second kappa shape index (κ2) is 8.22. The number of carbonyl (C=O) groups is 1. The lowest BCUT2D eigenvalue weighted by atomic mass is 9.93. The van der Waals surface area contributed by atoms with Gasteiger partial charge in [0.25, 0.3) is 0 Å². The van der Waals surface area contributed by atoms with Crippen LogP contribution in [0.3, 0.4) is 0 Å². The number of nitrogens with one attached hydrogen (secondary N) is 2. The molecule has 8 heteroatoms. The molecule has 1 unspecified atom stereocenters. The summed E-state index contributed by atoms with van der Waals surface area (Å²) in [5.74, 6) is -0.470. The van der Waals surface area contributed by atoms with Gasteiger partial charge in [-0.3, -0.25) is 4.79 Å². The minimum atomic E-state index is -3.91. The predicted octanol–water partition coefficient (Wildman–Crippen LogP) is 3.37. The smallest absolute Gasteiger partial charge is 0.247 e. The molecular formula is C20H21N3O3S2. The van der Waals surface area contributed by atoms with Crippen LogP contribution in [0.4, 0.5) is 5.13 Å². The maximum absolute atomic E-state index is 13.0. The lowest BCUT2D eigenvalue weighted by Gasteiger charge is -2.29. The Bertz CT molecular complexity index is 1030. The molecule has 0 radical (unpaired) electrons. The topological polar surface area (TPSA) is 88.2 Å². The van der Waals surface area contributed by atoms with Crippen LogP contribution in [0.1, 0.15) is 18.1 Å². The molecule has 146 valence electrons. The summed E-state index contributed by atoms with van der Waals surface area (Å²) in [5, 5.41) is 4.86. The van der Waals surface area contributed by atoms with Crippen molar-refractivity contribution in [1.29, 1.82) is 0 Å². The molecule has 0 aliphatic carbocycles. The molecule has 0 saturated carbocycles. The zero-order valence-electron chi connectivity index (χ0n) is 15.5. The van der Waals surface area contributed by atoms with Gasteiger partial charge >= 0.3 is 0 Å². The van der Waals surface area contributed by atoms with E-state index in [1.54, 1.807) is 30.6 Å². The maximum atomic E-state index is 13.0. The highest BCUT2D eigenvalue weighted by Gasteiger charge is 2.38. The number of hydrogen-bond donors (Lipinski definition) is 2. The molecular weight excluding hydrogens is 394 g/mol. The SMILES string of the molecule is Cc1ccc(S(=O)(=O)NC(C)(Cc2ccccc2)C(=O)Nc2nccs2)cc1. The van der Waals surface area contributed by atoms with Crippen molar-refractivity contribution < 1.29 is 13.2 Å². The van der Waals surface area contributed by atoms with Crippen LogP contribution in [0.25, 0.3) is 0 Å². The Labute approximate surface area is 168 Å². The van der Waals surface area contributed by atoms with Crippen molar-refractivity contribution >= 4 is 32.4 Å². The van der Waals surface area contributed by atoms with Gasteiger partial charge in [-0.2, -0.15) is 4.72 Å². The first-order valence-electron chi connectivity index (χ1n) is 8.64. The Hall–Kier alpha value is -2.55. The van der Waals surface area contributed by atoms with E-state index in [1.165, 1.54) is 23.5 Å². The number of hydrogen-bond acceptors (Lipinski definition) is 5. The number of rotatable bonds is 7. The quantitative estimate of drug-likeness (QED) is 0.619. The molecule has 1 amide bonds.